The summed E-state index contributed by atoms with van der Waals surface area (Å²) in [6, 6.07) is 9.94. The molecule has 0 bridgehead atoms. The average molecular weight is 395 g/mol. The van der Waals surface area contributed by atoms with Gasteiger partial charge in [0.15, 0.2) is 0 Å². The van der Waals surface area contributed by atoms with Crippen molar-refractivity contribution >= 4 is 28.8 Å². The van der Waals surface area contributed by atoms with Gasteiger partial charge in [-0.05, 0) is 55.8 Å². The van der Waals surface area contributed by atoms with E-state index in [1.54, 1.807) is 11.3 Å². The number of hydrogen-bond donors (Lipinski definition) is 2. The van der Waals surface area contributed by atoms with Crippen molar-refractivity contribution in [3.63, 3.8) is 0 Å². The molecule has 5 nitrogen and oxygen atoms in total. The molecule has 0 aliphatic rings. The van der Waals surface area contributed by atoms with Gasteiger partial charge in [0.05, 0.1) is 6.04 Å². The molecule has 0 saturated carbocycles. The Labute approximate surface area is 162 Å². The fourth-order valence-corrected chi connectivity index (χ4v) is 4.05. The maximum atomic E-state index is 12.3. The van der Waals surface area contributed by atoms with Gasteiger partial charge in [-0.15, -0.1) is 16.1 Å². The van der Waals surface area contributed by atoms with E-state index in [2.05, 4.69) is 21.5 Å². The Morgan fingerprint density at radius 1 is 1.35 bits per heavy atom. The van der Waals surface area contributed by atoms with Crippen molar-refractivity contribution in [3.8, 4) is 11.1 Å². The van der Waals surface area contributed by atoms with Crippen molar-refractivity contribution in [2.45, 2.75) is 45.1 Å². The highest BCUT2D eigenvalue weighted by molar-refractivity contribution is 7.90. The number of benzene rings is 1. The molecular weight excluding hydrogens is 368 g/mol. The summed E-state index contributed by atoms with van der Waals surface area (Å²) in [5.74, 6) is 0. The summed E-state index contributed by atoms with van der Waals surface area (Å²) in [6.45, 7) is 8.07. The van der Waals surface area contributed by atoms with Crippen LogP contribution in [0.3, 0.4) is 0 Å². The molecule has 2 atom stereocenters. The zero-order valence-electron chi connectivity index (χ0n) is 15.8. The van der Waals surface area contributed by atoms with Crippen LogP contribution in [0.15, 0.2) is 35.7 Å². The number of alkyl carbamates (subject to hydrolysis) is 1. The Morgan fingerprint density at radius 3 is 2.69 bits per heavy atom. The van der Waals surface area contributed by atoms with E-state index >= 15 is 0 Å². The lowest BCUT2D eigenvalue weighted by Gasteiger charge is -2.26. The first kappa shape index (κ1) is 20.8. The molecule has 0 aliphatic carbocycles. The number of ether oxygens (including phenoxy) is 1. The van der Waals surface area contributed by atoms with Gasteiger partial charge in [0.2, 0.25) is 0 Å². The number of thiophene rings is 1. The third-order valence-corrected chi connectivity index (χ3v) is 6.57. The SMILES string of the molecule is CNC(=O)OCc1ccccc1-c1csc(C(C)N[S@+]([O-])C(C)(C)C)c1. The second-order valence-corrected chi connectivity index (χ2v) is 9.88. The third-order valence-electron chi connectivity index (χ3n) is 3.78. The number of carbonyl (C=O) groups is 1. The lowest BCUT2D eigenvalue weighted by molar-refractivity contribution is 0.142. The van der Waals surface area contributed by atoms with Crippen LogP contribution in [-0.4, -0.2) is 22.4 Å². The molecule has 2 N–H and O–H groups in total. The van der Waals surface area contributed by atoms with Gasteiger partial charge in [-0.2, -0.15) is 0 Å². The summed E-state index contributed by atoms with van der Waals surface area (Å²) < 4.78 is 20.4. The summed E-state index contributed by atoms with van der Waals surface area (Å²) in [7, 11) is 1.54. The van der Waals surface area contributed by atoms with E-state index in [-0.39, 0.29) is 17.4 Å². The van der Waals surface area contributed by atoms with E-state index in [1.807, 2.05) is 52.0 Å². The van der Waals surface area contributed by atoms with E-state index in [0.29, 0.717) is 0 Å². The van der Waals surface area contributed by atoms with E-state index in [0.717, 1.165) is 21.6 Å². The van der Waals surface area contributed by atoms with Gasteiger partial charge in [0, 0.05) is 23.3 Å². The zero-order valence-corrected chi connectivity index (χ0v) is 17.4. The molecule has 0 saturated heterocycles. The van der Waals surface area contributed by atoms with Crippen molar-refractivity contribution in [3.05, 3.63) is 46.2 Å². The van der Waals surface area contributed by atoms with Gasteiger partial charge in [-0.1, -0.05) is 24.3 Å². The molecule has 0 radical (unpaired) electrons. The topological polar surface area (TPSA) is 73.4 Å². The van der Waals surface area contributed by atoms with Gasteiger partial charge < -0.3 is 14.6 Å². The molecule has 1 unspecified atom stereocenters. The number of nitrogens with one attached hydrogen (secondary N) is 2. The summed E-state index contributed by atoms with van der Waals surface area (Å²) in [4.78, 5) is 12.5. The first-order valence-corrected chi connectivity index (χ1v) is 10.4. The average Bonchev–Trinajstić information content (AvgIpc) is 3.09. The molecule has 1 amide bonds. The molecule has 1 aromatic carbocycles. The highest BCUT2D eigenvalue weighted by atomic mass is 32.2. The molecular formula is C19H26N2O3S2. The minimum absolute atomic E-state index is 0.0110. The van der Waals surface area contributed by atoms with Crippen molar-refractivity contribution < 1.29 is 14.1 Å². The Kier molecular flexibility index (Phi) is 7.11. The molecule has 26 heavy (non-hydrogen) atoms. The monoisotopic (exact) mass is 394 g/mol. The lowest BCUT2D eigenvalue weighted by atomic mass is 10.0. The molecule has 2 aromatic rings. The molecule has 1 aromatic heterocycles. The van der Waals surface area contributed by atoms with E-state index in [4.69, 9.17) is 4.74 Å². The highest BCUT2D eigenvalue weighted by Crippen LogP contribution is 2.32. The zero-order chi connectivity index (χ0) is 19.3. The third kappa shape index (κ3) is 5.48. The maximum Gasteiger partial charge on any atom is 0.407 e. The van der Waals surface area contributed by atoms with Gasteiger partial charge in [0.1, 0.15) is 11.4 Å². The van der Waals surface area contributed by atoms with Crippen LogP contribution >= 0.6 is 11.3 Å². The smallest absolute Gasteiger partial charge is 0.407 e. The lowest BCUT2D eigenvalue weighted by Crippen LogP contribution is -2.40. The Morgan fingerprint density at radius 2 is 2.04 bits per heavy atom. The number of rotatable bonds is 6. The van der Waals surface area contributed by atoms with Gasteiger partial charge in [-0.25, -0.2) is 4.79 Å². The van der Waals surface area contributed by atoms with E-state index in [1.165, 1.54) is 7.05 Å². The largest absolute Gasteiger partial charge is 0.598 e. The minimum atomic E-state index is -1.12. The summed E-state index contributed by atoms with van der Waals surface area (Å²) in [5, 5.41) is 4.52. The second kappa shape index (κ2) is 8.90. The van der Waals surface area contributed by atoms with Gasteiger partial charge in [-0.3, -0.25) is 0 Å². The summed E-state index contributed by atoms with van der Waals surface area (Å²) >= 11 is 0.501. The van der Waals surface area contributed by atoms with Crippen molar-refractivity contribution in [2.24, 2.45) is 0 Å². The van der Waals surface area contributed by atoms with Crippen LogP contribution in [0, 0.1) is 0 Å². The molecule has 2 rings (SSSR count). The standard InChI is InChI=1S/C19H26N2O3S2/c1-13(21-26(23)19(2,3)4)17-10-15(12-25-17)16-9-7-6-8-14(16)11-24-18(22)20-5/h6-10,12-13,21H,11H2,1-5H3,(H,20,22)/t13?,26-/m1/s1. The molecule has 0 spiro atoms. The first-order chi connectivity index (χ1) is 12.2. The van der Waals surface area contributed by atoms with E-state index in [9.17, 15) is 9.35 Å². The predicted molar refractivity (Wildman–Crippen MR) is 108 cm³/mol. The van der Waals surface area contributed by atoms with Crippen LogP contribution in [0.25, 0.3) is 11.1 Å². The molecule has 0 aliphatic heterocycles. The fraction of sp³-hybridized carbons (Fsp3) is 0.421. The van der Waals surface area contributed by atoms with Gasteiger partial charge >= 0.3 is 6.09 Å². The minimum Gasteiger partial charge on any atom is -0.598 e. The summed E-state index contributed by atoms with van der Waals surface area (Å²) in [6.07, 6.45) is -0.451. The molecule has 7 heteroatoms. The maximum absolute atomic E-state index is 12.3. The Balaban J connectivity index is 2.15. The quantitative estimate of drug-likeness (QED) is 0.713. The number of amides is 1. The first-order valence-electron chi connectivity index (χ1n) is 8.41. The Bertz CT molecular complexity index is 740. The van der Waals surface area contributed by atoms with Crippen molar-refractivity contribution in [2.75, 3.05) is 7.05 Å². The van der Waals surface area contributed by atoms with Gasteiger partial charge in [0.25, 0.3) is 0 Å². The van der Waals surface area contributed by atoms with Crippen molar-refractivity contribution in [1.82, 2.24) is 10.0 Å². The fourth-order valence-electron chi connectivity index (χ4n) is 2.26. The molecule has 142 valence electrons. The normalized spacial score (nSPS) is 13.9. The number of hydrogen-bond acceptors (Lipinski definition) is 5. The van der Waals surface area contributed by atoms with Crippen LogP contribution in [-0.2, 0) is 22.7 Å². The predicted octanol–water partition coefficient (Wildman–Crippen LogP) is 4.38. The van der Waals surface area contributed by atoms with Crippen LogP contribution in [0.5, 0.6) is 0 Å². The second-order valence-electron chi connectivity index (χ2n) is 6.94. The highest BCUT2D eigenvalue weighted by Gasteiger charge is 2.28. The number of carbonyl (C=O) groups excluding carboxylic acids is 1. The molecule has 1 heterocycles. The van der Waals surface area contributed by atoms with Crippen LogP contribution in [0.4, 0.5) is 4.79 Å². The van der Waals surface area contributed by atoms with Crippen LogP contribution in [0.1, 0.15) is 44.2 Å². The molecule has 0 fully saturated rings. The Hall–Kier alpha value is -1.54. The summed E-state index contributed by atoms with van der Waals surface area (Å²) in [5.41, 5.74) is 3.04. The van der Waals surface area contributed by atoms with Crippen molar-refractivity contribution in [1.29, 1.82) is 0 Å². The van der Waals surface area contributed by atoms with E-state index < -0.39 is 17.5 Å². The van der Waals surface area contributed by atoms with Crippen LogP contribution < -0.4 is 10.0 Å². The van der Waals surface area contributed by atoms with Crippen LogP contribution in [0.2, 0.25) is 0 Å².